The molecule has 1 aromatic rings. The zero-order valence-electron chi connectivity index (χ0n) is 11.5. The van der Waals surface area contributed by atoms with Gasteiger partial charge in [-0.15, -0.1) is 0 Å². The molecule has 0 atom stereocenters. The maximum atomic E-state index is 11.9. The monoisotopic (exact) mass is 276 g/mol. The fourth-order valence-corrected chi connectivity index (χ4v) is 2.18. The number of rotatable bonds is 4. The standard InChI is InChI=1S/C14H20N4O2/c15-8-11-4-5-12(16-9-11)14(20)17-10-13(19)18-6-2-1-3-7-18/h4-5,9H,1-3,6-8,10,15H2,(H,17,20). The summed E-state index contributed by atoms with van der Waals surface area (Å²) in [4.78, 5) is 29.6. The number of pyridine rings is 1. The van der Waals surface area contributed by atoms with Gasteiger partial charge in [0.05, 0.1) is 6.54 Å². The second-order valence-electron chi connectivity index (χ2n) is 4.88. The summed E-state index contributed by atoms with van der Waals surface area (Å²) in [5.41, 5.74) is 6.63. The highest BCUT2D eigenvalue weighted by molar-refractivity contribution is 5.94. The van der Waals surface area contributed by atoms with Crippen LogP contribution in [0.1, 0.15) is 35.3 Å². The van der Waals surface area contributed by atoms with E-state index in [0.717, 1.165) is 31.5 Å². The van der Waals surface area contributed by atoms with Crippen molar-refractivity contribution in [1.82, 2.24) is 15.2 Å². The molecule has 0 aromatic carbocycles. The Morgan fingerprint density at radius 2 is 2.00 bits per heavy atom. The van der Waals surface area contributed by atoms with Gasteiger partial charge in [-0.25, -0.2) is 0 Å². The van der Waals surface area contributed by atoms with E-state index >= 15 is 0 Å². The highest BCUT2D eigenvalue weighted by atomic mass is 16.2. The molecule has 1 fully saturated rings. The van der Waals surface area contributed by atoms with Crippen LogP contribution in [0.25, 0.3) is 0 Å². The van der Waals surface area contributed by atoms with Crippen LogP contribution in [0.15, 0.2) is 18.3 Å². The molecule has 0 unspecified atom stereocenters. The van der Waals surface area contributed by atoms with Crippen molar-refractivity contribution >= 4 is 11.8 Å². The molecule has 3 N–H and O–H groups in total. The van der Waals surface area contributed by atoms with Crippen molar-refractivity contribution in [3.8, 4) is 0 Å². The number of nitrogens with one attached hydrogen (secondary N) is 1. The summed E-state index contributed by atoms with van der Waals surface area (Å²) in [7, 11) is 0. The van der Waals surface area contributed by atoms with E-state index in [1.807, 2.05) is 0 Å². The fraction of sp³-hybridized carbons (Fsp3) is 0.500. The number of piperidine rings is 1. The summed E-state index contributed by atoms with van der Waals surface area (Å²) in [5.74, 6) is -0.365. The summed E-state index contributed by atoms with van der Waals surface area (Å²) in [5, 5.41) is 2.61. The molecule has 0 radical (unpaired) electrons. The van der Waals surface area contributed by atoms with E-state index in [9.17, 15) is 9.59 Å². The molecule has 1 saturated heterocycles. The zero-order valence-corrected chi connectivity index (χ0v) is 11.5. The molecule has 0 aliphatic carbocycles. The molecular weight excluding hydrogens is 256 g/mol. The molecule has 6 heteroatoms. The van der Waals surface area contributed by atoms with Crippen molar-refractivity contribution in [1.29, 1.82) is 0 Å². The van der Waals surface area contributed by atoms with Crippen molar-refractivity contribution in [3.05, 3.63) is 29.6 Å². The molecule has 6 nitrogen and oxygen atoms in total. The van der Waals surface area contributed by atoms with Crippen LogP contribution in [0.5, 0.6) is 0 Å². The van der Waals surface area contributed by atoms with E-state index in [1.54, 1.807) is 23.2 Å². The van der Waals surface area contributed by atoms with Crippen LogP contribution in [0.2, 0.25) is 0 Å². The topological polar surface area (TPSA) is 88.3 Å². The smallest absolute Gasteiger partial charge is 0.270 e. The van der Waals surface area contributed by atoms with Gasteiger partial charge in [0.25, 0.3) is 5.91 Å². The minimum Gasteiger partial charge on any atom is -0.342 e. The molecule has 20 heavy (non-hydrogen) atoms. The number of nitrogens with zero attached hydrogens (tertiary/aromatic N) is 2. The van der Waals surface area contributed by atoms with E-state index in [0.29, 0.717) is 12.2 Å². The SMILES string of the molecule is NCc1ccc(C(=O)NCC(=O)N2CCCCC2)nc1. The van der Waals surface area contributed by atoms with Gasteiger partial charge in [-0.05, 0) is 30.9 Å². The largest absolute Gasteiger partial charge is 0.342 e. The normalized spacial score (nSPS) is 14.9. The lowest BCUT2D eigenvalue weighted by molar-refractivity contribution is -0.130. The van der Waals surface area contributed by atoms with Gasteiger partial charge in [-0.2, -0.15) is 0 Å². The van der Waals surface area contributed by atoms with Crippen molar-refractivity contribution < 1.29 is 9.59 Å². The summed E-state index contributed by atoms with van der Waals surface area (Å²) < 4.78 is 0. The van der Waals surface area contributed by atoms with Crippen molar-refractivity contribution in [3.63, 3.8) is 0 Å². The Balaban J connectivity index is 1.83. The van der Waals surface area contributed by atoms with Gasteiger partial charge in [0.15, 0.2) is 0 Å². The average molecular weight is 276 g/mol. The van der Waals surface area contributed by atoms with Gasteiger partial charge in [-0.3, -0.25) is 14.6 Å². The third kappa shape index (κ3) is 3.77. The van der Waals surface area contributed by atoms with Crippen LogP contribution >= 0.6 is 0 Å². The number of hydrogen-bond acceptors (Lipinski definition) is 4. The van der Waals surface area contributed by atoms with Gasteiger partial charge in [0.2, 0.25) is 5.91 Å². The van der Waals surface area contributed by atoms with E-state index in [4.69, 9.17) is 5.73 Å². The van der Waals surface area contributed by atoms with Crippen molar-refractivity contribution in [2.45, 2.75) is 25.8 Å². The Morgan fingerprint density at radius 1 is 1.25 bits per heavy atom. The Labute approximate surface area is 118 Å². The zero-order chi connectivity index (χ0) is 14.4. The fourth-order valence-electron chi connectivity index (χ4n) is 2.18. The van der Waals surface area contributed by atoms with Crippen LogP contribution in [0, 0.1) is 0 Å². The van der Waals surface area contributed by atoms with Crippen molar-refractivity contribution in [2.24, 2.45) is 5.73 Å². The predicted molar refractivity (Wildman–Crippen MR) is 74.9 cm³/mol. The van der Waals surface area contributed by atoms with Crippen LogP contribution in [0.4, 0.5) is 0 Å². The van der Waals surface area contributed by atoms with Crippen molar-refractivity contribution in [2.75, 3.05) is 19.6 Å². The maximum Gasteiger partial charge on any atom is 0.270 e. The third-order valence-electron chi connectivity index (χ3n) is 3.40. The maximum absolute atomic E-state index is 11.9. The summed E-state index contributed by atoms with van der Waals surface area (Å²) in [6.07, 6.45) is 4.83. The lowest BCUT2D eigenvalue weighted by atomic mass is 10.1. The summed E-state index contributed by atoms with van der Waals surface area (Å²) in [6, 6.07) is 3.37. The first kappa shape index (κ1) is 14.5. The number of amides is 2. The first-order chi connectivity index (χ1) is 9.70. The lowest BCUT2D eigenvalue weighted by Gasteiger charge is -2.26. The Bertz CT molecular complexity index is 467. The van der Waals surface area contributed by atoms with Crippen LogP contribution in [-0.4, -0.2) is 41.3 Å². The van der Waals surface area contributed by atoms with Crippen LogP contribution in [-0.2, 0) is 11.3 Å². The van der Waals surface area contributed by atoms with E-state index in [-0.39, 0.29) is 18.4 Å². The average Bonchev–Trinajstić information content (AvgIpc) is 2.53. The number of hydrogen-bond donors (Lipinski definition) is 2. The quantitative estimate of drug-likeness (QED) is 0.827. The Hall–Kier alpha value is -1.95. The molecule has 0 saturated carbocycles. The molecule has 1 aliphatic rings. The van der Waals surface area contributed by atoms with Gasteiger partial charge in [0, 0.05) is 25.8 Å². The Kier molecular flexibility index (Phi) is 5.06. The Morgan fingerprint density at radius 3 is 2.60 bits per heavy atom. The van der Waals surface area contributed by atoms with Gasteiger partial charge in [-0.1, -0.05) is 6.07 Å². The first-order valence-corrected chi connectivity index (χ1v) is 6.91. The molecule has 2 amide bonds. The van der Waals surface area contributed by atoms with Crippen LogP contribution in [0.3, 0.4) is 0 Å². The molecule has 108 valence electrons. The highest BCUT2D eigenvalue weighted by Gasteiger charge is 2.17. The predicted octanol–water partition coefficient (Wildman–Crippen LogP) is 0.283. The highest BCUT2D eigenvalue weighted by Crippen LogP contribution is 2.08. The van der Waals surface area contributed by atoms with Gasteiger partial charge in [0.1, 0.15) is 5.69 Å². The van der Waals surface area contributed by atoms with Gasteiger partial charge < -0.3 is 16.0 Å². The first-order valence-electron chi connectivity index (χ1n) is 6.91. The number of nitrogens with two attached hydrogens (primary N) is 1. The molecular formula is C14H20N4O2. The number of carbonyl (C=O) groups is 2. The second-order valence-corrected chi connectivity index (χ2v) is 4.88. The minimum absolute atomic E-state index is 0.0269. The third-order valence-corrected chi connectivity index (χ3v) is 3.40. The molecule has 0 spiro atoms. The minimum atomic E-state index is -0.334. The summed E-state index contributed by atoms with van der Waals surface area (Å²) >= 11 is 0. The number of aromatic nitrogens is 1. The molecule has 2 heterocycles. The van der Waals surface area contributed by atoms with Crippen LogP contribution < -0.4 is 11.1 Å². The second kappa shape index (κ2) is 7.00. The lowest BCUT2D eigenvalue weighted by Crippen LogP contribution is -2.42. The molecule has 2 rings (SSSR count). The van der Waals surface area contributed by atoms with E-state index in [2.05, 4.69) is 10.3 Å². The van der Waals surface area contributed by atoms with E-state index in [1.165, 1.54) is 6.42 Å². The van der Waals surface area contributed by atoms with Gasteiger partial charge >= 0.3 is 0 Å². The summed E-state index contributed by atoms with van der Waals surface area (Å²) in [6.45, 7) is 2.00. The van der Waals surface area contributed by atoms with E-state index < -0.39 is 0 Å². The molecule has 0 bridgehead atoms. The molecule has 1 aromatic heterocycles. The molecule has 1 aliphatic heterocycles. The number of carbonyl (C=O) groups excluding carboxylic acids is 2. The number of likely N-dealkylation sites (tertiary alicyclic amines) is 1.